The lowest BCUT2D eigenvalue weighted by Crippen LogP contribution is -2.31. The van der Waals surface area contributed by atoms with Gasteiger partial charge in [-0.1, -0.05) is 0 Å². The van der Waals surface area contributed by atoms with E-state index in [9.17, 15) is 14.9 Å². The molecule has 1 aliphatic rings. The quantitative estimate of drug-likeness (QED) is 0.443. The van der Waals surface area contributed by atoms with Crippen LogP contribution in [0.4, 0.5) is 11.6 Å². The number of allylic oxidation sites excluding steroid dienone is 1. The van der Waals surface area contributed by atoms with Gasteiger partial charge in [0.05, 0.1) is 24.7 Å². The number of nitro groups is 1. The number of aromatic nitrogens is 3. The number of amides is 1. The molecule has 164 valence electrons. The summed E-state index contributed by atoms with van der Waals surface area (Å²) in [7, 11) is 3.09. The van der Waals surface area contributed by atoms with Crippen LogP contribution in [0.2, 0.25) is 0 Å². The Morgan fingerprint density at radius 2 is 1.78 bits per heavy atom. The van der Waals surface area contributed by atoms with Gasteiger partial charge in [-0.2, -0.15) is 4.98 Å². The van der Waals surface area contributed by atoms with E-state index in [2.05, 4.69) is 15.4 Å². The monoisotopic (exact) mass is 436 g/mol. The van der Waals surface area contributed by atoms with Crippen LogP contribution in [0.25, 0.3) is 11.4 Å². The van der Waals surface area contributed by atoms with Crippen LogP contribution in [0.1, 0.15) is 18.5 Å². The van der Waals surface area contributed by atoms with Gasteiger partial charge in [0.1, 0.15) is 17.5 Å². The summed E-state index contributed by atoms with van der Waals surface area (Å²) in [5, 5.41) is 18.7. The van der Waals surface area contributed by atoms with Crippen molar-refractivity contribution in [1.29, 1.82) is 0 Å². The average molecular weight is 436 g/mol. The van der Waals surface area contributed by atoms with E-state index in [1.54, 1.807) is 51.5 Å². The zero-order valence-corrected chi connectivity index (χ0v) is 17.5. The lowest BCUT2D eigenvalue weighted by atomic mass is 9.95. The topological polar surface area (TPSA) is 147 Å². The number of nitro benzene ring substituents is 1. The van der Waals surface area contributed by atoms with E-state index < -0.39 is 16.9 Å². The molecule has 0 radical (unpaired) electrons. The summed E-state index contributed by atoms with van der Waals surface area (Å²) < 4.78 is 12.2. The van der Waals surface area contributed by atoms with E-state index in [0.29, 0.717) is 40.1 Å². The molecule has 0 spiro atoms. The third-order valence-corrected chi connectivity index (χ3v) is 5.15. The first-order chi connectivity index (χ1) is 15.3. The number of nitrogens with one attached hydrogen (secondary N) is 1. The van der Waals surface area contributed by atoms with Crippen molar-refractivity contribution in [2.24, 2.45) is 5.73 Å². The van der Waals surface area contributed by atoms with Gasteiger partial charge in [-0.25, -0.2) is 4.68 Å². The molecule has 1 amide bonds. The van der Waals surface area contributed by atoms with Crippen molar-refractivity contribution >= 4 is 17.5 Å². The van der Waals surface area contributed by atoms with Gasteiger partial charge in [0.2, 0.25) is 11.9 Å². The van der Waals surface area contributed by atoms with Crippen LogP contribution in [-0.2, 0) is 4.79 Å². The predicted octanol–water partition coefficient (Wildman–Crippen LogP) is 2.64. The van der Waals surface area contributed by atoms with Gasteiger partial charge in [0.15, 0.2) is 5.82 Å². The molecule has 4 rings (SSSR count). The zero-order chi connectivity index (χ0) is 23.0. The summed E-state index contributed by atoms with van der Waals surface area (Å²) in [6.45, 7) is 1.71. The number of methoxy groups -OCH3 is 2. The number of carbonyl (C=O) groups is 1. The minimum Gasteiger partial charge on any atom is -0.497 e. The first-order valence-electron chi connectivity index (χ1n) is 9.54. The van der Waals surface area contributed by atoms with E-state index in [4.69, 9.17) is 15.2 Å². The molecule has 11 heteroatoms. The molecule has 1 aromatic heterocycles. The van der Waals surface area contributed by atoms with Gasteiger partial charge in [-0.15, -0.1) is 5.10 Å². The Kier molecular flexibility index (Phi) is 5.23. The highest BCUT2D eigenvalue weighted by Crippen LogP contribution is 2.37. The van der Waals surface area contributed by atoms with Crippen LogP contribution in [0.5, 0.6) is 11.5 Å². The van der Waals surface area contributed by atoms with Crippen LogP contribution >= 0.6 is 0 Å². The molecule has 0 fully saturated rings. The third-order valence-electron chi connectivity index (χ3n) is 5.15. The van der Waals surface area contributed by atoms with Gasteiger partial charge >= 0.3 is 0 Å². The minimum atomic E-state index is -0.710. The number of nitrogens with zero attached hydrogens (tertiary/aromatic N) is 4. The summed E-state index contributed by atoms with van der Waals surface area (Å²) in [5.41, 5.74) is 7.67. The normalized spacial score (nSPS) is 15.0. The largest absolute Gasteiger partial charge is 0.497 e. The Morgan fingerprint density at radius 3 is 2.31 bits per heavy atom. The maximum Gasteiger partial charge on any atom is 0.269 e. The molecule has 0 bridgehead atoms. The molecule has 1 atom stereocenters. The number of benzene rings is 2. The number of ether oxygens (including phenoxy) is 2. The third kappa shape index (κ3) is 3.60. The Labute approximate surface area is 182 Å². The second-order valence-electron chi connectivity index (χ2n) is 7.08. The number of fused-ring (bicyclic) bond motifs is 1. The molecule has 0 saturated heterocycles. The lowest BCUT2D eigenvalue weighted by Gasteiger charge is -2.27. The van der Waals surface area contributed by atoms with Crippen molar-refractivity contribution in [3.05, 3.63) is 69.4 Å². The van der Waals surface area contributed by atoms with E-state index >= 15 is 0 Å². The predicted molar refractivity (Wildman–Crippen MR) is 115 cm³/mol. The molecule has 2 aromatic carbocycles. The van der Waals surface area contributed by atoms with Crippen LogP contribution in [0, 0.1) is 10.1 Å². The fraction of sp³-hybridized carbons (Fsp3) is 0.190. The van der Waals surface area contributed by atoms with Crippen molar-refractivity contribution in [1.82, 2.24) is 14.8 Å². The van der Waals surface area contributed by atoms with Gasteiger partial charge < -0.3 is 20.5 Å². The van der Waals surface area contributed by atoms with Gasteiger partial charge in [0.25, 0.3) is 5.69 Å². The fourth-order valence-electron chi connectivity index (χ4n) is 3.62. The van der Waals surface area contributed by atoms with Crippen LogP contribution in [-0.4, -0.2) is 39.8 Å². The molecular formula is C21H20N6O5. The highest BCUT2D eigenvalue weighted by atomic mass is 16.6. The molecule has 0 saturated carbocycles. The summed E-state index contributed by atoms with van der Waals surface area (Å²) in [6, 6.07) is 10.4. The summed E-state index contributed by atoms with van der Waals surface area (Å²) in [6.07, 6.45) is 0. The second-order valence-corrected chi connectivity index (χ2v) is 7.08. The Morgan fingerprint density at radius 1 is 1.16 bits per heavy atom. The van der Waals surface area contributed by atoms with Crippen LogP contribution < -0.4 is 20.5 Å². The van der Waals surface area contributed by atoms with Gasteiger partial charge in [0, 0.05) is 29.5 Å². The molecule has 3 N–H and O–H groups in total. The first kappa shape index (κ1) is 20.8. The van der Waals surface area contributed by atoms with Crippen LogP contribution in [0.3, 0.4) is 0 Å². The molecule has 1 unspecified atom stereocenters. The van der Waals surface area contributed by atoms with E-state index in [0.717, 1.165) is 0 Å². The second kappa shape index (κ2) is 8.02. The number of hydrogen-bond donors (Lipinski definition) is 2. The van der Waals surface area contributed by atoms with Crippen molar-refractivity contribution in [2.45, 2.75) is 13.0 Å². The number of hydrogen-bond acceptors (Lipinski definition) is 8. The first-order valence-corrected chi connectivity index (χ1v) is 9.54. The number of rotatable bonds is 6. The number of non-ortho nitro benzene ring substituents is 1. The number of primary amides is 1. The highest BCUT2D eigenvalue weighted by Gasteiger charge is 2.33. The Balaban J connectivity index is 1.85. The number of nitrogens with two attached hydrogens (primary N) is 1. The molecule has 0 aliphatic carbocycles. The van der Waals surface area contributed by atoms with Crippen molar-refractivity contribution in [3.63, 3.8) is 0 Å². The van der Waals surface area contributed by atoms with Crippen molar-refractivity contribution in [3.8, 4) is 22.9 Å². The minimum absolute atomic E-state index is 0.0630. The average Bonchev–Trinajstić information content (AvgIpc) is 3.21. The van der Waals surface area contributed by atoms with Gasteiger partial charge in [-0.3, -0.25) is 14.9 Å². The Hall–Kier alpha value is -4.41. The molecule has 3 aromatic rings. The lowest BCUT2D eigenvalue weighted by molar-refractivity contribution is -0.384. The SMILES string of the molecule is COc1cc(OC)cc(-c2nc3n(n2)C(c2ccc([N+](=O)[O-])cc2)C(C(N)=O)=C(C)N3)c1. The van der Waals surface area contributed by atoms with E-state index in [1.807, 2.05) is 0 Å². The summed E-state index contributed by atoms with van der Waals surface area (Å²) in [4.78, 5) is 27.4. The number of anilines is 1. The van der Waals surface area contributed by atoms with E-state index in [1.165, 1.54) is 16.8 Å². The maximum atomic E-state index is 12.3. The maximum absolute atomic E-state index is 12.3. The highest BCUT2D eigenvalue weighted by molar-refractivity contribution is 5.95. The smallest absolute Gasteiger partial charge is 0.269 e. The van der Waals surface area contributed by atoms with Crippen molar-refractivity contribution in [2.75, 3.05) is 19.5 Å². The summed E-state index contributed by atoms with van der Waals surface area (Å²) in [5.74, 6) is 1.27. The van der Waals surface area contributed by atoms with Crippen LogP contribution in [0.15, 0.2) is 53.7 Å². The number of carbonyl (C=O) groups excluding carboxylic acids is 1. The summed E-state index contributed by atoms with van der Waals surface area (Å²) >= 11 is 0. The standard InChI is InChI=1S/C21H20N6O5/c1-11-17(19(22)28)18(12-4-6-14(7-5-12)27(29)30)26-21(23-11)24-20(25-26)13-8-15(31-2)10-16(9-13)32-3/h4-10,18H,1-3H3,(H2,22,28)(H,23,24,25). The van der Waals surface area contributed by atoms with E-state index in [-0.39, 0.29) is 11.3 Å². The molecule has 11 nitrogen and oxygen atoms in total. The van der Waals surface area contributed by atoms with Crippen molar-refractivity contribution < 1.29 is 19.2 Å². The zero-order valence-electron chi connectivity index (χ0n) is 17.5. The molecular weight excluding hydrogens is 416 g/mol. The molecule has 32 heavy (non-hydrogen) atoms. The Bertz CT molecular complexity index is 1230. The molecule has 1 aliphatic heterocycles. The fourth-order valence-corrected chi connectivity index (χ4v) is 3.62. The molecule has 2 heterocycles. The van der Waals surface area contributed by atoms with Gasteiger partial charge in [-0.05, 0) is 36.8 Å².